The number of carbonyl (C=O) groups excluding carboxylic acids is 1. The van der Waals surface area contributed by atoms with E-state index in [-0.39, 0.29) is 11.8 Å². The summed E-state index contributed by atoms with van der Waals surface area (Å²) in [5.41, 5.74) is 0.878. The summed E-state index contributed by atoms with van der Waals surface area (Å²) in [5, 5.41) is 5.37. The first-order chi connectivity index (χ1) is 7.22. The standard InChI is InChI=1S/C11H15FN2O/c1-2-7-13-11(15)14-8-9-3-5-10(12)6-4-9/h3-6H,2,7-8H2,1H3,(H2,13,14,15). The minimum absolute atomic E-state index is 0.193. The van der Waals surface area contributed by atoms with Crippen molar-refractivity contribution in [3.8, 4) is 0 Å². The molecule has 82 valence electrons. The van der Waals surface area contributed by atoms with Crippen molar-refractivity contribution in [2.45, 2.75) is 19.9 Å². The van der Waals surface area contributed by atoms with E-state index in [2.05, 4.69) is 10.6 Å². The Bertz CT molecular complexity index is 311. The fraction of sp³-hybridized carbons (Fsp3) is 0.364. The Labute approximate surface area is 88.7 Å². The molecule has 0 bridgehead atoms. The lowest BCUT2D eigenvalue weighted by molar-refractivity contribution is 0.240. The van der Waals surface area contributed by atoms with Crippen molar-refractivity contribution in [1.29, 1.82) is 0 Å². The number of rotatable bonds is 4. The number of nitrogens with one attached hydrogen (secondary N) is 2. The lowest BCUT2D eigenvalue weighted by Gasteiger charge is -2.06. The highest BCUT2D eigenvalue weighted by atomic mass is 19.1. The van der Waals surface area contributed by atoms with Gasteiger partial charge >= 0.3 is 6.03 Å². The van der Waals surface area contributed by atoms with Crippen LogP contribution in [0.25, 0.3) is 0 Å². The van der Waals surface area contributed by atoms with E-state index in [4.69, 9.17) is 0 Å². The Balaban J connectivity index is 2.30. The smallest absolute Gasteiger partial charge is 0.315 e. The first kappa shape index (κ1) is 11.5. The number of benzene rings is 1. The van der Waals surface area contributed by atoms with Crippen LogP contribution in [0.15, 0.2) is 24.3 Å². The zero-order valence-electron chi connectivity index (χ0n) is 8.72. The fourth-order valence-electron chi connectivity index (χ4n) is 1.09. The highest BCUT2D eigenvalue weighted by Gasteiger charge is 1.98. The molecule has 0 radical (unpaired) electrons. The first-order valence-corrected chi connectivity index (χ1v) is 4.98. The molecule has 0 fully saturated rings. The molecule has 15 heavy (non-hydrogen) atoms. The van der Waals surface area contributed by atoms with Crippen molar-refractivity contribution in [1.82, 2.24) is 10.6 Å². The zero-order chi connectivity index (χ0) is 11.1. The van der Waals surface area contributed by atoms with Crippen molar-refractivity contribution in [2.75, 3.05) is 6.54 Å². The molecule has 0 atom stereocenters. The maximum Gasteiger partial charge on any atom is 0.315 e. The average Bonchev–Trinajstić information content (AvgIpc) is 2.25. The maximum atomic E-state index is 12.6. The molecule has 1 aromatic rings. The minimum Gasteiger partial charge on any atom is -0.338 e. The molecule has 0 aliphatic rings. The van der Waals surface area contributed by atoms with E-state index >= 15 is 0 Å². The second-order valence-corrected chi connectivity index (χ2v) is 3.24. The van der Waals surface area contributed by atoms with Crippen LogP contribution in [0.2, 0.25) is 0 Å². The van der Waals surface area contributed by atoms with Crippen LogP contribution in [-0.4, -0.2) is 12.6 Å². The van der Waals surface area contributed by atoms with Crippen LogP contribution < -0.4 is 10.6 Å². The van der Waals surface area contributed by atoms with Crippen molar-refractivity contribution < 1.29 is 9.18 Å². The van der Waals surface area contributed by atoms with Gasteiger partial charge in [0.05, 0.1) is 0 Å². The second-order valence-electron chi connectivity index (χ2n) is 3.24. The number of hydrogen-bond donors (Lipinski definition) is 2. The van der Waals surface area contributed by atoms with Crippen molar-refractivity contribution >= 4 is 6.03 Å². The maximum absolute atomic E-state index is 12.6. The summed E-state index contributed by atoms with van der Waals surface area (Å²) in [6, 6.07) is 5.86. The van der Waals surface area contributed by atoms with Crippen LogP contribution in [0.1, 0.15) is 18.9 Å². The van der Waals surface area contributed by atoms with Crippen molar-refractivity contribution in [3.63, 3.8) is 0 Å². The summed E-state index contributed by atoms with van der Waals surface area (Å²) >= 11 is 0. The number of amides is 2. The summed E-state index contributed by atoms with van der Waals surface area (Å²) in [5.74, 6) is -0.269. The number of hydrogen-bond acceptors (Lipinski definition) is 1. The number of urea groups is 1. The van der Waals surface area contributed by atoms with E-state index in [0.29, 0.717) is 13.1 Å². The Morgan fingerprint density at radius 3 is 2.53 bits per heavy atom. The van der Waals surface area contributed by atoms with Gasteiger partial charge in [0.2, 0.25) is 0 Å². The van der Waals surface area contributed by atoms with Crippen LogP contribution in [0.3, 0.4) is 0 Å². The average molecular weight is 210 g/mol. The topological polar surface area (TPSA) is 41.1 Å². The van der Waals surface area contributed by atoms with Gasteiger partial charge in [-0.1, -0.05) is 19.1 Å². The lowest BCUT2D eigenvalue weighted by Crippen LogP contribution is -2.35. The van der Waals surface area contributed by atoms with Gasteiger partial charge in [-0.25, -0.2) is 9.18 Å². The van der Waals surface area contributed by atoms with E-state index < -0.39 is 0 Å². The molecule has 0 aliphatic heterocycles. The number of carbonyl (C=O) groups is 1. The van der Waals surface area contributed by atoms with E-state index in [1.807, 2.05) is 6.92 Å². The second kappa shape index (κ2) is 6.01. The molecule has 0 unspecified atom stereocenters. The van der Waals surface area contributed by atoms with E-state index in [1.54, 1.807) is 12.1 Å². The Kier molecular flexibility index (Phi) is 4.60. The summed E-state index contributed by atoms with van der Waals surface area (Å²) in [6.45, 7) is 3.06. The molecule has 4 heteroatoms. The molecule has 0 spiro atoms. The molecule has 2 amide bonds. The summed E-state index contributed by atoms with van der Waals surface area (Å²) in [6.07, 6.45) is 0.907. The molecular formula is C11H15FN2O. The van der Waals surface area contributed by atoms with Gasteiger partial charge in [0.25, 0.3) is 0 Å². The van der Waals surface area contributed by atoms with Crippen LogP contribution >= 0.6 is 0 Å². The third kappa shape index (κ3) is 4.44. The minimum atomic E-state index is -0.269. The largest absolute Gasteiger partial charge is 0.338 e. The van der Waals surface area contributed by atoms with E-state index in [9.17, 15) is 9.18 Å². The Hall–Kier alpha value is -1.58. The lowest BCUT2D eigenvalue weighted by atomic mass is 10.2. The van der Waals surface area contributed by atoms with Crippen LogP contribution in [-0.2, 0) is 6.54 Å². The highest BCUT2D eigenvalue weighted by molar-refractivity contribution is 5.73. The summed E-state index contributed by atoms with van der Waals surface area (Å²) < 4.78 is 12.6. The molecule has 3 nitrogen and oxygen atoms in total. The van der Waals surface area contributed by atoms with Gasteiger partial charge in [0, 0.05) is 13.1 Å². The molecule has 1 aromatic carbocycles. The third-order valence-corrected chi connectivity index (χ3v) is 1.90. The highest BCUT2D eigenvalue weighted by Crippen LogP contribution is 2.01. The van der Waals surface area contributed by atoms with E-state index in [0.717, 1.165) is 12.0 Å². The van der Waals surface area contributed by atoms with Crippen molar-refractivity contribution in [2.24, 2.45) is 0 Å². The summed E-state index contributed by atoms with van der Waals surface area (Å²) in [7, 11) is 0. The third-order valence-electron chi connectivity index (χ3n) is 1.90. The van der Waals surface area contributed by atoms with E-state index in [1.165, 1.54) is 12.1 Å². The van der Waals surface area contributed by atoms with Crippen molar-refractivity contribution in [3.05, 3.63) is 35.6 Å². The van der Waals surface area contributed by atoms with Gasteiger partial charge in [-0.2, -0.15) is 0 Å². The van der Waals surface area contributed by atoms with Crippen LogP contribution in [0.5, 0.6) is 0 Å². The predicted octanol–water partition coefficient (Wildman–Crippen LogP) is 2.03. The van der Waals surface area contributed by atoms with Gasteiger partial charge in [0.15, 0.2) is 0 Å². The van der Waals surface area contributed by atoms with Crippen LogP contribution in [0.4, 0.5) is 9.18 Å². The molecule has 0 saturated heterocycles. The van der Waals surface area contributed by atoms with Crippen LogP contribution in [0, 0.1) is 5.82 Å². The van der Waals surface area contributed by atoms with Gasteiger partial charge in [-0.15, -0.1) is 0 Å². The summed E-state index contributed by atoms with van der Waals surface area (Å²) in [4.78, 5) is 11.1. The molecule has 0 heterocycles. The molecular weight excluding hydrogens is 195 g/mol. The monoisotopic (exact) mass is 210 g/mol. The normalized spacial score (nSPS) is 9.73. The molecule has 0 saturated carbocycles. The Morgan fingerprint density at radius 1 is 1.27 bits per heavy atom. The quantitative estimate of drug-likeness (QED) is 0.784. The SMILES string of the molecule is CCCNC(=O)NCc1ccc(F)cc1. The van der Waals surface area contributed by atoms with Gasteiger partial charge in [-0.3, -0.25) is 0 Å². The molecule has 2 N–H and O–H groups in total. The molecule has 1 rings (SSSR count). The number of halogens is 1. The first-order valence-electron chi connectivity index (χ1n) is 4.98. The fourth-order valence-corrected chi connectivity index (χ4v) is 1.09. The molecule has 0 aliphatic carbocycles. The van der Waals surface area contributed by atoms with Gasteiger partial charge < -0.3 is 10.6 Å². The van der Waals surface area contributed by atoms with Gasteiger partial charge in [0.1, 0.15) is 5.82 Å². The molecule has 0 aromatic heterocycles. The zero-order valence-corrected chi connectivity index (χ0v) is 8.72. The van der Waals surface area contributed by atoms with Gasteiger partial charge in [-0.05, 0) is 24.1 Å². The predicted molar refractivity (Wildman–Crippen MR) is 56.9 cm³/mol. The Morgan fingerprint density at radius 2 is 1.93 bits per heavy atom.